The third-order valence-electron chi connectivity index (χ3n) is 5.43. The molecule has 30 heavy (non-hydrogen) atoms. The maximum atomic E-state index is 13.4. The summed E-state index contributed by atoms with van der Waals surface area (Å²) in [7, 11) is 1.77. The number of nitrogens with one attached hydrogen (secondary N) is 1. The molecular weight excluding hydrogens is 378 g/mol. The summed E-state index contributed by atoms with van der Waals surface area (Å²) in [4.78, 5) is 27.0. The fourth-order valence-electron chi connectivity index (χ4n) is 4.01. The van der Waals surface area contributed by atoms with Crippen molar-refractivity contribution in [1.29, 1.82) is 0 Å². The summed E-state index contributed by atoms with van der Waals surface area (Å²) in [5, 5.41) is 7.80. The van der Waals surface area contributed by atoms with Crippen molar-refractivity contribution in [3.63, 3.8) is 0 Å². The SMILES string of the molecule is Cn1cc(C(N)=O)c([C@@H]2CCCN(C(=O)c3ccccc3Nc3ccccc3)C2)n1. The Kier molecular flexibility index (Phi) is 5.52. The van der Waals surface area contributed by atoms with Gasteiger partial charge in [0.25, 0.3) is 11.8 Å². The van der Waals surface area contributed by atoms with Crippen LogP contribution in [0.4, 0.5) is 11.4 Å². The zero-order valence-electron chi connectivity index (χ0n) is 16.9. The number of aryl methyl sites for hydroxylation is 1. The van der Waals surface area contributed by atoms with E-state index in [2.05, 4.69) is 10.4 Å². The van der Waals surface area contributed by atoms with Crippen LogP contribution < -0.4 is 11.1 Å². The molecule has 154 valence electrons. The molecule has 2 amide bonds. The van der Waals surface area contributed by atoms with Crippen molar-refractivity contribution < 1.29 is 9.59 Å². The summed E-state index contributed by atoms with van der Waals surface area (Å²) in [6, 6.07) is 17.3. The summed E-state index contributed by atoms with van der Waals surface area (Å²) < 4.78 is 1.61. The first-order chi connectivity index (χ1) is 14.5. The van der Waals surface area contributed by atoms with Crippen molar-refractivity contribution >= 4 is 23.2 Å². The molecule has 1 aliphatic heterocycles. The van der Waals surface area contributed by atoms with Crippen LogP contribution in [0.1, 0.15) is 45.2 Å². The molecule has 1 atom stereocenters. The third kappa shape index (κ3) is 4.05. The minimum atomic E-state index is -0.487. The summed E-state index contributed by atoms with van der Waals surface area (Å²) in [6.07, 6.45) is 3.36. The minimum Gasteiger partial charge on any atom is -0.365 e. The average molecular weight is 403 g/mol. The molecule has 0 unspecified atom stereocenters. The number of nitrogens with zero attached hydrogens (tertiary/aromatic N) is 3. The van der Waals surface area contributed by atoms with Crippen molar-refractivity contribution in [3.05, 3.63) is 77.6 Å². The molecule has 2 heterocycles. The van der Waals surface area contributed by atoms with Crippen LogP contribution in [0.2, 0.25) is 0 Å². The monoisotopic (exact) mass is 403 g/mol. The number of anilines is 2. The van der Waals surface area contributed by atoms with Crippen molar-refractivity contribution in [2.75, 3.05) is 18.4 Å². The van der Waals surface area contributed by atoms with Crippen molar-refractivity contribution in [2.45, 2.75) is 18.8 Å². The Balaban J connectivity index is 1.57. The average Bonchev–Trinajstić information content (AvgIpc) is 3.17. The Morgan fingerprint density at radius 3 is 2.57 bits per heavy atom. The quantitative estimate of drug-likeness (QED) is 0.684. The normalized spacial score (nSPS) is 16.3. The molecule has 0 spiro atoms. The van der Waals surface area contributed by atoms with E-state index in [1.54, 1.807) is 17.9 Å². The first-order valence-electron chi connectivity index (χ1n) is 10.1. The molecule has 7 heteroatoms. The molecule has 3 aromatic rings. The summed E-state index contributed by atoms with van der Waals surface area (Å²) in [5.74, 6) is -0.533. The highest BCUT2D eigenvalue weighted by Gasteiger charge is 2.30. The van der Waals surface area contributed by atoms with Crippen molar-refractivity contribution in [3.8, 4) is 0 Å². The summed E-state index contributed by atoms with van der Waals surface area (Å²) in [6.45, 7) is 1.18. The summed E-state index contributed by atoms with van der Waals surface area (Å²) in [5.41, 5.74) is 8.96. The maximum absolute atomic E-state index is 13.4. The van der Waals surface area contributed by atoms with Crippen LogP contribution in [-0.2, 0) is 7.05 Å². The maximum Gasteiger partial charge on any atom is 0.255 e. The molecule has 0 saturated carbocycles. The predicted molar refractivity (Wildman–Crippen MR) is 116 cm³/mol. The third-order valence-corrected chi connectivity index (χ3v) is 5.43. The standard InChI is InChI=1S/C23H25N5O2/c1-27-15-19(22(24)29)21(26-27)16-8-7-13-28(14-16)23(30)18-11-5-6-12-20(18)25-17-9-3-2-4-10-17/h2-6,9-12,15-16,25H,7-8,13-14H2,1H3,(H2,24,29)/t16-/m1/s1. The zero-order chi connectivity index (χ0) is 21.1. The Bertz CT molecular complexity index is 1060. The molecule has 0 radical (unpaired) electrons. The molecule has 2 aromatic carbocycles. The molecular formula is C23H25N5O2. The van der Waals surface area contributed by atoms with Crippen LogP contribution in [0.3, 0.4) is 0 Å². The number of rotatable bonds is 5. The van der Waals surface area contributed by atoms with E-state index in [0.29, 0.717) is 29.9 Å². The number of para-hydroxylation sites is 2. The van der Waals surface area contributed by atoms with Crippen molar-refractivity contribution in [1.82, 2.24) is 14.7 Å². The molecule has 4 rings (SSSR count). The predicted octanol–water partition coefficient (Wildman–Crippen LogP) is 3.28. The number of likely N-dealkylation sites (tertiary alicyclic amines) is 1. The highest BCUT2D eigenvalue weighted by molar-refractivity contribution is 6.00. The van der Waals surface area contributed by atoms with Crippen LogP contribution in [-0.4, -0.2) is 39.6 Å². The number of carbonyl (C=O) groups is 2. The van der Waals surface area contributed by atoms with Gasteiger partial charge in [0.1, 0.15) is 0 Å². The number of primary amides is 1. The van der Waals surface area contributed by atoms with E-state index in [-0.39, 0.29) is 11.8 Å². The minimum absolute atomic E-state index is 0.0133. The van der Waals surface area contributed by atoms with E-state index in [9.17, 15) is 9.59 Å². The van der Waals surface area contributed by atoms with E-state index in [1.165, 1.54) is 0 Å². The van der Waals surface area contributed by atoms with Crippen LogP contribution in [0, 0.1) is 0 Å². The van der Waals surface area contributed by atoms with Gasteiger partial charge in [-0.05, 0) is 37.1 Å². The van der Waals surface area contributed by atoms with Gasteiger partial charge in [0.05, 0.1) is 22.5 Å². The van der Waals surface area contributed by atoms with Gasteiger partial charge in [-0.15, -0.1) is 0 Å². The molecule has 3 N–H and O–H groups in total. The van der Waals surface area contributed by atoms with Gasteiger partial charge in [-0.3, -0.25) is 14.3 Å². The topological polar surface area (TPSA) is 93.2 Å². The van der Waals surface area contributed by atoms with Gasteiger partial charge in [0.15, 0.2) is 0 Å². The number of hydrogen-bond acceptors (Lipinski definition) is 4. The molecule has 0 bridgehead atoms. The van der Waals surface area contributed by atoms with E-state index in [1.807, 2.05) is 59.5 Å². The largest absolute Gasteiger partial charge is 0.365 e. The second kappa shape index (κ2) is 8.41. The van der Waals surface area contributed by atoms with Gasteiger partial charge in [-0.25, -0.2) is 0 Å². The Morgan fingerprint density at radius 2 is 1.80 bits per heavy atom. The van der Waals surface area contributed by atoms with E-state index in [0.717, 1.165) is 24.2 Å². The fourth-order valence-corrected chi connectivity index (χ4v) is 4.01. The van der Waals surface area contributed by atoms with Crippen LogP contribution in [0.5, 0.6) is 0 Å². The molecule has 1 aromatic heterocycles. The van der Waals surface area contributed by atoms with E-state index < -0.39 is 5.91 Å². The van der Waals surface area contributed by atoms with Crippen LogP contribution in [0.25, 0.3) is 0 Å². The van der Waals surface area contributed by atoms with E-state index >= 15 is 0 Å². The van der Waals surface area contributed by atoms with Gasteiger partial charge in [-0.2, -0.15) is 5.10 Å². The van der Waals surface area contributed by atoms with Crippen LogP contribution >= 0.6 is 0 Å². The number of nitrogens with two attached hydrogens (primary N) is 1. The van der Waals surface area contributed by atoms with Crippen molar-refractivity contribution in [2.24, 2.45) is 12.8 Å². The lowest BCUT2D eigenvalue weighted by molar-refractivity contribution is 0.0706. The van der Waals surface area contributed by atoms with Crippen LogP contribution in [0.15, 0.2) is 60.8 Å². The second-order valence-corrected chi connectivity index (χ2v) is 7.59. The smallest absolute Gasteiger partial charge is 0.255 e. The number of amides is 2. The highest BCUT2D eigenvalue weighted by Crippen LogP contribution is 2.30. The Labute approximate surface area is 175 Å². The van der Waals surface area contributed by atoms with Gasteiger partial charge >= 0.3 is 0 Å². The van der Waals surface area contributed by atoms with Gasteiger partial charge in [0, 0.05) is 37.9 Å². The number of carbonyl (C=O) groups excluding carboxylic acids is 2. The highest BCUT2D eigenvalue weighted by atomic mass is 16.2. The first kappa shape index (κ1) is 19.7. The Hall–Kier alpha value is -3.61. The second-order valence-electron chi connectivity index (χ2n) is 7.59. The first-order valence-corrected chi connectivity index (χ1v) is 10.1. The van der Waals surface area contributed by atoms with Gasteiger partial charge in [0.2, 0.25) is 0 Å². The fraction of sp³-hybridized carbons (Fsp3) is 0.261. The lowest BCUT2D eigenvalue weighted by Gasteiger charge is -2.33. The molecule has 1 aliphatic rings. The molecule has 7 nitrogen and oxygen atoms in total. The molecule has 1 fully saturated rings. The number of aromatic nitrogens is 2. The van der Waals surface area contributed by atoms with Gasteiger partial charge in [-0.1, -0.05) is 30.3 Å². The number of piperidine rings is 1. The molecule has 1 saturated heterocycles. The molecule has 0 aliphatic carbocycles. The number of benzene rings is 2. The lowest BCUT2D eigenvalue weighted by atomic mass is 9.92. The lowest BCUT2D eigenvalue weighted by Crippen LogP contribution is -2.39. The summed E-state index contributed by atoms with van der Waals surface area (Å²) >= 11 is 0. The number of hydrogen-bond donors (Lipinski definition) is 2. The van der Waals surface area contributed by atoms with E-state index in [4.69, 9.17) is 5.73 Å². The Morgan fingerprint density at radius 1 is 1.07 bits per heavy atom. The zero-order valence-corrected chi connectivity index (χ0v) is 16.9. The van der Waals surface area contributed by atoms with Gasteiger partial charge < -0.3 is 16.0 Å².